The Labute approximate surface area is 94.8 Å². The van der Waals surface area contributed by atoms with Gasteiger partial charge in [0.05, 0.1) is 13.2 Å². The maximum atomic E-state index is 11.5. The van der Waals surface area contributed by atoms with E-state index in [2.05, 4.69) is 0 Å². The number of aliphatic hydroxyl groups excluding tert-OH is 1. The molecule has 1 saturated carbocycles. The SMILES string of the molecule is COC(=O)C1=CCC2=C(C1)[C@H]1C[C@@H](O)[C@@H]2C1. The van der Waals surface area contributed by atoms with Gasteiger partial charge in [-0.2, -0.15) is 0 Å². The van der Waals surface area contributed by atoms with E-state index in [0.717, 1.165) is 31.3 Å². The molecule has 0 spiro atoms. The van der Waals surface area contributed by atoms with Crippen LogP contribution in [-0.4, -0.2) is 24.3 Å². The van der Waals surface area contributed by atoms with Crippen molar-refractivity contribution in [1.82, 2.24) is 0 Å². The van der Waals surface area contributed by atoms with Crippen LogP contribution in [0.25, 0.3) is 0 Å². The first-order chi connectivity index (χ1) is 7.70. The molecule has 1 fully saturated rings. The number of hydrogen-bond donors (Lipinski definition) is 1. The number of rotatable bonds is 1. The van der Waals surface area contributed by atoms with Crippen LogP contribution in [0.3, 0.4) is 0 Å². The van der Waals surface area contributed by atoms with Gasteiger partial charge in [0, 0.05) is 17.9 Å². The predicted molar refractivity (Wildman–Crippen MR) is 58.6 cm³/mol. The van der Waals surface area contributed by atoms with Crippen LogP contribution >= 0.6 is 0 Å². The van der Waals surface area contributed by atoms with E-state index in [4.69, 9.17) is 4.74 Å². The first kappa shape index (κ1) is 10.1. The van der Waals surface area contributed by atoms with Gasteiger partial charge < -0.3 is 9.84 Å². The number of methoxy groups -OCH3 is 1. The lowest BCUT2D eigenvalue weighted by atomic mass is 9.81. The molecular weight excluding hydrogens is 204 g/mol. The van der Waals surface area contributed by atoms with Gasteiger partial charge in [-0.3, -0.25) is 0 Å². The van der Waals surface area contributed by atoms with Gasteiger partial charge in [-0.15, -0.1) is 0 Å². The van der Waals surface area contributed by atoms with Crippen LogP contribution in [-0.2, 0) is 9.53 Å². The molecule has 16 heavy (non-hydrogen) atoms. The van der Waals surface area contributed by atoms with Crippen molar-refractivity contribution in [1.29, 1.82) is 0 Å². The van der Waals surface area contributed by atoms with Crippen molar-refractivity contribution < 1.29 is 14.6 Å². The van der Waals surface area contributed by atoms with Gasteiger partial charge in [-0.1, -0.05) is 17.2 Å². The lowest BCUT2D eigenvalue weighted by Gasteiger charge is -2.26. The van der Waals surface area contributed by atoms with Crippen molar-refractivity contribution >= 4 is 5.97 Å². The first-order valence-corrected chi connectivity index (χ1v) is 5.88. The monoisotopic (exact) mass is 220 g/mol. The minimum atomic E-state index is -0.199. The predicted octanol–water partition coefficient (Wildman–Crippen LogP) is 1.58. The number of ether oxygens (including phenoxy) is 1. The van der Waals surface area contributed by atoms with Gasteiger partial charge in [0.15, 0.2) is 0 Å². The molecule has 3 heteroatoms. The standard InChI is InChI=1S/C13H16O3/c1-16-13(15)7-2-3-9-10(4-7)8-5-11(9)12(14)6-8/h2,8,11-12,14H,3-6H2,1H3/t8-,11-,12-/m1/s1. The zero-order chi connectivity index (χ0) is 11.3. The molecule has 0 unspecified atom stereocenters. The van der Waals surface area contributed by atoms with Crippen molar-refractivity contribution in [3.8, 4) is 0 Å². The van der Waals surface area contributed by atoms with Crippen molar-refractivity contribution in [2.24, 2.45) is 11.8 Å². The van der Waals surface area contributed by atoms with E-state index in [1.54, 1.807) is 0 Å². The topological polar surface area (TPSA) is 46.5 Å². The fourth-order valence-electron chi connectivity index (χ4n) is 3.51. The van der Waals surface area contributed by atoms with Crippen LogP contribution < -0.4 is 0 Å². The van der Waals surface area contributed by atoms with Crippen molar-refractivity contribution in [3.05, 3.63) is 22.8 Å². The summed E-state index contributed by atoms with van der Waals surface area (Å²) in [4.78, 5) is 11.5. The van der Waals surface area contributed by atoms with Crippen LogP contribution in [0.2, 0.25) is 0 Å². The fraction of sp³-hybridized carbons (Fsp3) is 0.615. The molecule has 86 valence electrons. The van der Waals surface area contributed by atoms with E-state index in [9.17, 15) is 9.90 Å². The quantitative estimate of drug-likeness (QED) is 0.539. The number of esters is 1. The van der Waals surface area contributed by atoms with Crippen LogP contribution in [0, 0.1) is 11.8 Å². The summed E-state index contributed by atoms with van der Waals surface area (Å²) in [5, 5.41) is 9.83. The second-order valence-corrected chi connectivity index (χ2v) is 4.99. The molecule has 3 rings (SSSR count). The molecule has 0 aromatic heterocycles. The smallest absolute Gasteiger partial charge is 0.333 e. The Morgan fingerprint density at radius 3 is 3.00 bits per heavy atom. The summed E-state index contributed by atoms with van der Waals surface area (Å²) in [6.07, 6.45) is 5.38. The number of allylic oxidation sites excluding steroid dienone is 2. The summed E-state index contributed by atoms with van der Waals surface area (Å²) in [5.41, 5.74) is 3.61. The van der Waals surface area contributed by atoms with Crippen LogP contribution in [0.1, 0.15) is 25.7 Å². The van der Waals surface area contributed by atoms with Gasteiger partial charge in [0.25, 0.3) is 0 Å². The second-order valence-electron chi connectivity index (χ2n) is 4.99. The Balaban J connectivity index is 1.83. The average Bonchev–Trinajstić information content (AvgIpc) is 2.85. The third-order valence-electron chi connectivity index (χ3n) is 4.28. The third-order valence-corrected chi connectivity index (χ3v) is 4.28. The number of aliphatic hydroxyl groups is 1. The highest BCUT2D eigenvalue weighted by Gasteiger charge is 2.45. The zero-order valence-electron chi connectivity index (χ0n) is 9.40. The number of hydrogen-bond acceptors (Lipinski definition) is 3. The van der Waals surface area contributed by atoms with E-state index in [1.165, 1.54) is 18.3 Å². The van der Waals surface area contributed by atoms with Crippen molar-refractivity contribution in [2.75, 3.05) is 7.11 Å². The van der Waals surface area contributed by atoms with E-state index < -0.39 is 0 Å². The molecule has 0 saturated heterocycles. The van der Waals surface area contributed by atoms with Crippen molar-refractivity contribution in [3.63, 3.8) is 0 Å². The lowest BCUT2D eigenvalue weighted by Crippen LogP contribution is -2.22. The average molecular weight is 220 g/mol. The first-order valence-electron chi connectivity index (χ1n) is 5.88. The van der Waals surface area contributed by atoms with E-state index in [0.29, 0.717) is 11.8 Å². The summed E-state index contributed by atoms with van der Waals surface area (Å²) in [6.45, 7) is 0. The lowest BCUT2D eigenvalue weighted by molar-refractivity contribution is -0.136. The Morgan fingerprint density at radius 1 is 1.44 bits per heavy atom. The van der Waals surface area contributed by atoms with E-state index in [1.807, 2.05) is 6.08 Å². The Bertz CT molecular complexity index is 405. The van der Waals surface area contributed by atoms with Gasteiger partial charge >= 0.3 is 5.97 Å². The number of fused-ring (bicyclic) bond motifs is 4. The van der Waals surface area contributed by atoms with Crippen LogP contribution in [0.15, 0.2) is 22.8 Å². The molecule has 0 radical (unpaired) electrons. The Morgan fingerprint density at radius 2 is 2.25 bits per heavy atom. The molecular formula is C13H16O3. The van der Waals surface area contributed by atoms with E-state index >= 15 is 0 Å². The molecule has 3 atom stereocenters. The largest absolute Gasteiger partial charge is 0.466 e. The maximum Gasteiger partial charge on any atom is 0.333 e. The van der Waals surface area contributed by atoms with Gasteiger partial charge in [0.2, 0.25) is 0 Å². The highest BCUT2D eigenvalue weighted by atomic mass is 16.5. The maximum absolute atomic E-state index is 11.5. The molecule has 2 bridgehead atoms. The summed E-state index contributed by atoms with van der Waals surface area (Å²) < 4.78 is 4.76. The van der Waals surface area contributed by atoms with E-state index in [-0.39, 0.29) is 12.1 Å². The molecule has 0 aromatic carbocycles. The summed E-state index contributed by atoms with van der Waals surface area (Å²) in [7, 11) is 1.43. The third kappa shape index (κ3) is 1.27. The normalized spacial score (nSPS) is 36.1. The molecule has 0 amide bonds. The molecule has 1 N–H and O–H groups in total. The summed E-state index contributed by atoms with van der Waals surface area (Å²) in [5.74, 6) is 0.689. The highest BCUT2D eigenvalue weighted by molar-refractivity contribution is 5.89. The molecule has 3 aliphatic carbocycles. The summed E-state index contributed by atoms with van der Waals surface area (Å²) in [6, 6.07) is 0. The van der Waals surface area contributed by atoms with Gasteiger partial charge in [-0.05, 0) is 25.2 Å². The zero-order valence-corrected chi connectivity index (χ0v) is 9.40. The summed E-state index contributed by atoms with van der Waals surface area (Å²) >= 11 is 0. The minimum absolute atomic E-state index is 0.142. The fourth-order valence-corrected chi connectivity index (χ4v) is 3.51. The minimum Gasteiger partial charge on any atom is -0.466 e. The molecule has 3 aliphatic rings. The Kier molecular flexibility index (Phi) is 2.18. The number of carbonyl (C=O) groups is 1. The molecule has 3 nitrogen and oxygen atoms in total. The second kappa shape index (κ2) is 3.45. The molecule has 0 aromatic rings. The van der Waals surface area contributed by atoms with Crippen LogP contribution in [0.5, 0.6) is 0 Å². The van der Waals surface area contributed by atoms with Gasteiger partial charge in [-0.25, -0.2) is 4.79 Å². The van der Waals surface area contributed by atoms with Crippen LogP contribution in [0.4, 0.5) is 0 Å². The molecule has 0 aliphatic heterocycles. The highest BCUT2D eigenvalue weighted by Crippen LogP contribution is 2.53. The number of carbonyl (C=O) groups excluding carboxylic acids is 1. The van der Waals surface area contributed by atoms with Gasteiger partial charge in [0.1, 0.15) is 0 Å². The van der Waals surface area contributed by atoms with Crippen molar-refractivity contribution in [2.45, 2.75) is 31.8 Å². The molecule has 0 heterocycles. The Hall–Kier alpha value is -1.09.